The summed E-state index contributed by atoms with van der Waals surface area (Å²) in [4.78, 5) is 35.6. The predicted octanol–water partition coefficient (Wildman–Crippen LogP) is 1.96. The van der Waals surface area contributed by atoms with Gasteiger partial charge in [0.1, 0.15) is 0 Å². The second kappa shape index (κ2) is 8.19. The van der Waals surface area contributed by atoms with Crippen molar-refractivity contribution in [1.82, 2.24) is 5.32 Å². The molecule has 0 aromatic heterocycles. The van der Waals surface area contributed by atoms with Gasteiger partial charge in [0.15, 0.2) is 11.8 Å². The number of ether oxygens (including phenoxy) is 1. The van der Waals surface area contributed by atoms with Crippen LogP contribution >= 0.6 is 0 Å². The van der Waals surface area contributed by atoms with Crippen molar-refractivity contribution < 1.29 is 19.1 Å². The van der Waals surface area contributed by atoms with Crippen LogP contribution in [0.25, 0.3) is 0 Å². The first kappa shape index (κ1) is 16.9. The number of carbonyl (C=O) groups is 3. The van der Waals surface area contributed by atoms with Crippen molar-refractivity contribution in [3.63, 3.8) is 0 Å². The first-order valence-corrected chi connectivity index (χ1v) is 7.11. The summed E-state index contributed by atoms with van der Waals surface area (Å²) in [6.07, 6.45) is 1.61. The molecule has 0 aliphatic heterocycles. The van der Waals surface area contributed by atoms with Crippen LogP contribution in [0.4, 0.5) is 0 Å². The first-order chi connectivity index (χ1) is 10.1. The van der Waals surface area contributed by atoms with Crippen molar-refractivity contribution in [3.8, 4) is 0 Å². The zero-order valence-electron chi connectivity index (χ0n) is 12.6. The second-order valence-electron chi connectivity index (χ2n) is 4.47. The predicted molar refractivity (Wildman–Crippen MR) is 78.8 cm³/mol. The van der Waals surface area contributed by atoms with Gasteiger partial charge in [-0.25, -0.2) is 4.79 Å². The molecule has 5 nitrogen and oxygen atoms in total. The van der Waals surface area contributed by atoms with E-state index in [4.69, 9.17) is 0 Å². The van der Waals surface area contributed by atoms with Crippen LogP contribution in [0.5, 0.6) is 0 Å². The first-order valence-electron chi connectivity index (χ1n) is 7.11. The van der Waals surface area contributed by atoms with Gasteiger partial charge in [0.2, 0.25) is 5.91 Å². The molecule has 1 fully saturated rings. The van der Waals surface area contributed by atoms with Gasteiger partial charge in [0, 0.05) is 11.5 Å². The van der Waals surface area contributed by atoms with Gasteiger partial charge in [0.05, 0.1) is 7.11 Å². The van der Waals surface area contributed by atoms with Gasteiger partial charge >= 0.3 is 5.97 Å². The number of hydrogen-bond donors (Lipinski definition) is 1. The Balaban J connectivity index is 0.00000106. The lowest BCUT2D eigenvalue weighted by molar-refractivity contribution is -0.143. The fourth-order valence-electron chi connectivity index (χ4n) is 1.72. The number of ketones is 1. The van der Waals surface area contributed by atoms with Crippen molar-refractivity contribution >= 4 is 17.7 Å². The molecule has 1 aliphatic carbocycles. The third kappa shape index (κ3) is 4.70. The Hall–Kier alpha value is -2.17. The van der Waals surface area contributed by atoms with Crippen LogP contribution in [0.2, 0.25) is 0 Å². The number of amides is 1. The quantitative estimate of drug-likeness (QED) is 0.511. The molecule has 1 aliphatic rings. The van der Waals surface area contributed by atoms with Crippen LogP contribution in [0.15, 0.2) is 30.3 Å². The number of methoxy groups -OCH3 is 1. The Labute approximate surface area is 124 Å². The Bertz CT molecular complexity index is 494. The summed E-state index contributed by atoms with van der Waals surface area (Å²) in [6.45, 7) is 4.00. The summed E-state index contributed by atoms with van der Waals surface area (Å²) in [6, 6.07) is 7.10. The Kier molecular flexibility index (Phi) is 6.59. The molecule has 1 atom stereocenters. The minimum atomic E-state index is -1.26. The van der Waals surface area contributed by atoms with Gasteiger partial charge in [-0.3, -0.25) is 9.59 Å². The van der Waals surface area contributed by atoms with Crippen LogP contribution in [0.3, 0.4) is 0 Å². The highest BCUT2D eigenvalue weighted by atomic mass is 16.5. The molecule has 2 rings (SSSR count). The Morgan fingerprint density at radius 3 is 2.19 bits per heavy atom. The van der Waals surface area contributed by atoms with E-state index in [1.165, 1.54) is 7.11 Å². The van der Waals surface area contributed by atoms with Crippen molar-refractivity contribution in [2.45, 2.75) is 32.7 Å². The summed E-state index contributed by atoms with van der Waals surface area (Å²) in [7, 11) is 1.19. The van der Waals surface area contributed by atoms with E-state index in [-0.39, 0.29) is 11.8 Å². The van der Waals surface area contributed by atoms with E-state index in [0.717, 1.165) is 12.8 Å². The number of benzene rings is 1. The van der Waals surface area contributed by atoms with Crippen LogP contribution in [0.1, 0.15) is 37.0 Å². The van der Waals surface area contributed by atoms with Crippen molar-refractivity contribution in [1.29, 1.82) is 0 Å². The molecule has 0 heterocycles. The van der Waals surface area contributed by atoms with Crippen LogP contribution in [-0.2, 0) is 14.3 Å². The monoisotopic (exact) mass is 291 g/mol. The molecule has 21 heavy (non-hydrogen) atoms. The van der Waals surface area contributed by atoms with E-state index in [0.29, 0.717) is 5.56 Å². The molecule has 0 spiro atoms. The maximum absolute atomic E-state index is 12.2. The zero-order chi connectivity index (χ0) is 15.8. The summed E-state index contributed by atoms with van der Waals surface area (Å²) in [5.41, 5.74) is 0.369. The third-order valence-electron chi connectivity index (χ3n) is 2.99. The summed E-state index contributed by atoms with van der Waals surface area (Å²) < 4.78 is 4.58. The minimum Gasteiger partial charge on any atom is -0.467 e. The Morgan fingerprint density at radius 1 is 1.14 bits per heavy atom. The molecule has 1 saturated carbocycles. The molecule has 1 aromatic carbocycles. The fraction of sp³-hybridized carbons (Fsp3) is 0.438. The fourth-order valence-corrected chi connectivity index (χ4v) is 1.72. The van der Waals surface area contributed by atoms with E-state index in [1.54, 1.807) is 30.3 Å². The van der Waals surface area contributed by atoms with E-state index < -0.39 is 17.8 Å². The van der Waals surface area contributed by atoms with E-state index in [1.807, 2.05) is 13.8 Å². The number of rotatable bonds is 5. The lowest BCUT2D eigenvalue weighted by Crippen LogP contribution is -2.47. The maximum atomic E-state index is 12.2. The summed E-state index contributed by atoms with van der Waals surface area (Å²) >= 11 is 0. The van der Waals surface area contributed by atoms with E-state index >= 15 is 0 Å². The highest BCUT2D eigenvalue weighted by Gasteiger charge is 2.36. The molecule has 114 valence electrons. The smallest absolute Gasteiger partial charge is 0.336 e. The number of nitrogens with one attached hydrogen (secondary N) is 1. The lowest BCUT2D eigenvalue weighted by atomic mass is 10.0. The van der Waals surface area contributed by atoms with Gasteiger partial charge in [-0.15, -0.1) is 0 Å². The van der Waals surface area contributed by atoms with Crippen LogP contribution < -0.4 is 5.32 Å². The van der Waals surface area contributed by atoms with Crippen molar-refractivity contribution in [3.05, 3.63) is 35.9 Å². The van der Waals surface area contributed by atoms with Crippen molar-refractivity contribution in [2.24, 2.45) is 5.92 Å². The maximum Gasteiger partial charge on any atom is 0.336 e. The number of hydrogen-bond acceptors (Lipinski definition) is 4. The summed E-state index contributed by atoms with van der Waals surface area (Å²) in [5, 5.41) is 2.46. The van der Waals surface area contributed by atoms with E-state index in [9.17, 15) is 14.4 Å². The molecule has 0 saturated heterocycles. The largest absolute Gasteiger partial charge is 0.467 e. The zero-order valence-corrected chi connectivity index (χ0v) is 12.6. The molecule has 5 heteroatoms. The number of Topliss-reactive ketones (excluding diaryl/α,β-unsaturated/α-hetero) is 1. The van der Waals surface area contributed by atoms with Gasteiger partial charge in [-0.2, -0.15) is 0 Å². The lowest BCUT2D eigenvalue weighted by Gasteiger charge is -2.15. The van der Waals surface area contributed by atoms with E-state index in [2.05, 4.69) is 10.1 Å². The topological polar surface area (TPSA) is 72.5 Å². The number of esters is 1. The van der Waals surface area contributed by atoms with Gasteiger partial charge in [-0.05, 0) is 12.8 Å². The van der Waals surface area contributed by atoms with Crippen LogP contribution in [0, 0.1) is 5.92 Å². The van der Waals surface area contributed by atoms with Gasteiger partial charge < -0.3 is 10.1 Å². The number of carbonyl (C=O) groups excluding carboxylic acids is 3. The minimum absolute atomic E-state index is 0.0734. The highest BCUT2D eigenvalue weighted by Crippen LogP contribution is 2.29. The molecule has 1 aromatic rings. The third-order valence-corrected chi connectivity index (χ3v) is 2.99. The molecular formula is C16H21NO4. The molecule has 1 amide bonds. The highest BCUT2D eigenvalue weighted by molar-refractivity contribution is 6.13. The summed E-state index contributed by atoms with van der Waals surface area (Å²) in [5.74, 6) is -1.54. The van der Waals surface area contributed by atoms with Gasteiger partial charge in [0.25, 0.3) is 0 Å². The molecule has 0 bridgehead atoms. The molecule has 1 N–H and O–H groups in total. The normalized spacial score (nSPS) is 14.2. The average Bonchev–Trinajstić information content (AvgIpc) is 3.38. The standard InChI is InChI=1S/C14H15NO4.C2H6/c1-19-14(18)11(15-13(17)10-7-8-10)12(16)9-5-3-2-4-6-9;1-2/h2-6,10-11H,7-8H2,1H3,(H,15,17);1-2H3. The Morgan fingerprint density at radius 2 is 1.71 bits per heavy atom. The SMILES string of the molecule is CC.COC(=O)C(NC(=O)C1CC1)C(=O)c1ccccc1. The van der Waals surface area contributed by atoms with Crippen LogP contribution in [-0.4, -0.2) is 30.8 Å². The average molecular weight is 291 g/mol. The van der Waals surface area contributed by atoms with Gasteiger partial charge in [-0.1, -0.05) is 44.2 Å². The molecule has 1 unspecified atom stereocenters. The molecule has 0 radical (unpaired) electrons. The van der Waals surface area contributed by atoms with Crippen molar-refractivity contribution in [2.75, 3.05) is 7.11 Å². The molecular weight excluding hydrogens is 270 g/mol. The second-order valence-corrected chi connectivity index (χ2v) is 4.47.